The number of carbonyl (C=O) groups is 2. The lowest BCUT2D eigenvalue weighted by atomic mass is 10.0. The van der Waals surface area contributed by atoms with Crippen LogP contribution < -0.4 is 16.0 Å². The number of hydrogen-bond donors (Lipinski definition) is 3. The summed E-state index contributed by atoms with van der Waals surface area (Å²) in [6.45, 7) is 3.96. The van der Waals surface area contributed by atoms with Gasteiger partial charge in [-0.1, -0.05) is 30.3 Å². The van der Waals surface area contributed by atoms with Gasteiger partial charge in [0.25, 0.3) is 0 Å². The molecule has 7 heteroatoms. The monoisotopic (exact) mass is 368 g/mol. The first-order chi connectivity index (χ1) is 11.5. The summed E-state index contributed by atoms with van der Waals surface area (Å²) in [6, 6.07) is 10.3. The van der Waals surface area contributed by atoms with Gasteiger partial charge in [0.05, 0.1) is 0 Å². The van der Waals surface area contributed by atoms with Crippen LogP contribution >= 0.6 is 12.4 Å². The Kier molecular flexibility index (Phi) is 9.31. The summed E-state index contributed by atoms with van der Waals surface area (Å²) in [5.41, 5.74) is 1.08. The molecule has 2 atom stereocenters. The summed E-state index contributed by atoms with van der Waals surface area (Å²) in [5, 5.41) is 9.20. The summed E-state index contributed by atoms with van der Waals surface area (Å²) in [6.07, 6.45) is 2.23. The maximum atomic E-state index is 12.0. The largest absolute Gasteiger partial charge is 0.353 e. The number of nitrogens with one attached hydrogen (secondary N) is 3. The highest BCUT2D eigenvalue weighted by atomic mass is 35.5. The number of rotatable bonds is 6. The van der Waals surface area contributed by atoms with Crippen LogP contribution in [0.2, 0.25) is 0 Å². The molecule has 25 heavy (non-hydrogen) atoms. The number of piperidine rings is 1. The zero-order valence-electron chi connectivity index (χ0n) is 15.0. The molecule has 0 aliphatic carbocycles. The lowest BCUT2D eigenvalue weighted by Crippen LogP contribution is -2.47. The highest BCUT2D eigenvalue weighted by Crippen LogP contribution is 2.08. The van der Waals surface area contributed by atoms with Gasteiger partial charge < -0.3 is 20.9 Å². The Bertz CT molecular complexity index is 541. The van der Waals surface area contributed by atoms with Gasteiger partial charge >= 0.3 is 6.03 Å². The third-order valence-electron chi connectivity index (χ3n) is 4.23. The molecule has 0 saturated carbocycles. The zero-order chi connectivity index (χ0) is 17.4. The van der Waals surface area contributed by atoms with Crippen molar-refractivity contribution in [3.05, 3.63) is 35.9 Å². The molecular formula is C18H29ClN4O2. The van der Waals surface area contributed by atoms with Gasteiger partial charge in [-0.3, -0.25) is 4.79 Å². The highest BCUT2D eigenvalue weighted by Gasteiger charge is 2.19. The van der Waals surface area contributed by atoms with Crippen molar-refractivity contribution >= 4 is 24.3 Å². The van der Waals surface area contributed by atoms with Gasteiger partial charge in [0.2, 0.25) is 5.91 Å². The number of halogens is 1. The third-order valence-corrected chi connectivity index (χ3v) is 4.23. The molecule has 1 aromatic carbocycles. The summed E-state index contributed by atoms with van der Waals surface area (Å²) >= 11 is 0. The number of benzene rings is 1. The second-order valence-corrected chi connectivity index (χ2v) is 6.47. The molecule has 0 aromatic heterocycles. The van der Waals surface area contributed by atoms with Crippen LogP contribution in [0, 0.1) is 0 Å². The molecule has 140 valence electrons. The predicted octanol–water partition coefficient (Wildman–Crippen LogP) is 1.90. The number of nitrogens with zero attached hydrogens (tertiary/aromatic N) is 1. The van der Waals surface area contributed by atoms with E-state index in [2.05, 4.69) is 22.9 Å². The molecule has 2 unspecified atom stereocenters. The fraction of sp³-hybridized carbons (Fsp3) is 0.556. The SMILES string of the molecule is CC1CC(NC(=O)CCNC(=O)N(C)Cc2ccccc2)CCN1.Cl. The van der Waals surface area contributed by atoms with Crippen LogP contribution in [0.15, 0.2) is 30.3 Å². The smallest absolute Gasteiger partial charge is 0.317 e. The van der Waals surface area contributed by atoms with E-state index in [0.717, 1.165) is 24.9 Å². The molecule has 2 rings (SSSR count). The van der Waals surface area contributed by atoms with Gasteiger partial charge in [0.1, 0.15) is 0 Å². The molecule has 0 spiro atoms. The van der Waals surface area contributed by atoms with Crippen LogP contribution in [0.3, 0.4) is 0 Å². The minimum absolute atomic E-state index is 0. The molecule has 1 heterocycles. The van der Waals surface area contributed by atoms with Crippen LogP contribution in [-0.4, -0.2) is 49.1 Å². The van der Waals surface area contributed by atoms with Crippen LogP contribution in [-0.2, 0) is 11.3 Å². The Morgan fingerprint density at radius 3 is 2.68 bits per heavy atom. The topological polar surface area (TPSA) is 73.5 Å². The molecule has 3 amide bonds. The van der Waals surface area contributed by atoms with Gasteiger partial charge in [0, 0.05) is 38.6 Å². The first-order valence-corrected chi connectivity index (χ1v) is 8.60. The van der Waals surface area contributed by atoms with E-state index in [4.69, 9.17) is 0 Å². The Morgan fingerprint density at radius 1 is 1.28 bits per heavy atom. The number of carbonyl (C=O) groups excluding carboxylic acids is 2. The van der Waals surface area contributed by atoms with Crippen molar-refractivity contribution < 1.29 is 9.59 Å². The second kappa shape index (κ2) is 10.9. The van der Waals surface area contributed by atoms with Crippen molar-refractivity contribution in [3.8, 4) is 0 Å². The van der Waals surface area contributed by atoms with E-state index in [0.29, 0.717) is 25.6 Å². The average Bonchev–Trinajstić information content (AvgIpc) is 2.55. The zero-order valence-corrected chi connectivity index (χ0v) is 15.8. The van der Waals surface area contributed by atoms with Crippen molar-refractivity contribution in [1.29, 1.82) is 0 Å². The lowest BCUT2D eigenvalue weighted by Gasteiger charge is -2.28. The van der Waals surface area contributed by atoms with Crippen LogP contribution in [0.5, 0.6) is 0 Å². The predicted molar refractivity (Wildman–Crippen MR) is 102 cm³/mol. The average molecular weight is 369 g/mol. The van der Waals surface area contributed by atoms with E-state index in [1.54, 1.807) is 11.9 Å². The van der Waals surface area contributed by atoms with Crippen molar-refractivity contribution in [1.82, 2.24) is 20.9 Å². The van der Waals surface area contributed by atoms with E-state index in [9.17, 15) is 9.59 Å². The van der Waals surface area contributed by atoms with Gasteiger partial charge in [-0.2, -0.15) is 0 Å². The maximum Gasteiger partial charge on any atom is 0.317 e. The Hall–Kier alpha value is -1.79. The summed E-state index contributed by atoms with van der Waals surface area (Å²) in [4.78, 5) is 25.6. The molecular weight excluding hydrogens is 340 g/mol. The molecule has 0 bridgehead atoms. The fourth-order valence-corrected chi connectivity index (χ4v) is 2.91. The lowest BCUT2D eigenvalue weighted by molar-refractivity contribution is -0.121. The van der Waals surface area contributed by atoms with Gasteiger partial charge in [0.15, 0.2) is 0 Å². The molecule has 1 aliphatic heterocycles. The van der Waals surface area contributed by atoms with Gasteiger partial charge in [-0.15, -0.1) is 12.4 Å². The summed E-state index contributed by atoms with van der Waals surface area (Å²) in [5.74, 6) is 0.000104. The Morgan fingerprint density at radius 2 is 2.00 bits per heavy atom. The van der Waals surface area contributed by atoms with Crippen molar-refractivity contribution in [2.24, 2.45) is 0 Å². The number of amides is 3. The van der Waals surface area contributed by atoms with E-state index >= 15 is 0 Å². The minimum atomic E-state index is -0.165. The van der Waals surface area contributed by atoms with Crippen LogP contribution in [0.4, 0.5) is 4.79 Å². The fourth-order valence-electron chi connectivity index (χ4n) is 2.91. The second-order valence-electron chi connectivity index (χ2n) is 6.47. The van der Waals surface area contributed by atoms with Gasteiger partial charge in [-0.05, 0) is 31.9 Å². The molecule has 1 aromatic rings. The number of hydrogen-bond acceptors (Lipinski definition) is 3. The summed E-state index contributed by atoms with van der Waals surface area (Å²) in [7, 11) is 1.75. The van der Waals surface area contributed by atoms with Crippen LogP contribution in [0.1, 0.15) is 31.7 Å². The molecule has 0 radical (unpaired) electrons. The number of urea groups is 1. The maximum absolute atomic E-state index is 12.0. The highest BCUT2D eigenvalue weighted by molar-refractivity contribution is 5.85. The molecule has 3 N–H and O–H groups in total. The van der Waals surface area contributed by atoms with Crippen LogP contribution in [0.25, 0.3) is 0 Å². The summed E-state index contributed by atoms with van der Waals surface area (Å²) < 4.78 is 0. The van der Waals surface area contributed by atoms with E-state index < -0.39 is 0 Å². The first kappa shape index (κ1) is 21.3. The standard InChI is InChI=1S/C18H28N4O2.ClH/c1-14-12-16(8-10-19-14)21-17(23)9-11-20-18(24)22(2)13-15-6-4-3-5-7-15;/h3-7,14,16,19H,8-13H2,1-2H3,(H,20,24)(H,21,23);1H. The molecule has 1 aliphatic rings. The Balaban J connectivity index is 0.00000312. The molecule has 1 saturated heterocycles. The quantitative estimate of drug-likeness (QED) is 0.718. The van der Waals surface area contributed by atoms with E-state index in [-0.39, 0.29) is 30.4 Å². The third kappa shape index (κ3) is 7.75. The molecule has 1 fully saturated rings. The van der Waals surface area contributed by atoms with Gasteiger partial charge in [-0.25, -0.2) is 4.79 Å². The molecule has 6 nitrogen and oxygen atoms in total. The minimum Gasteiger partial charge on any atom is -0.353 e. The first-order valence-electron chi connectivity index (χ1n) is 8.60. The van der Waals surface area contributed by atoms with E-state index in [1.165, 1.54) is 0 Å². The van der Waals surface area contributed by atoms with E-state index in [1.807, 2.05) is 30.3 Å². The van der Waals surface area contributed by atoms with Crippen molar-refractivity contribution in [3.63, 3.8) is 0 Å². The van der Waals surface area contributed by atoms with Crippen molar-refractivity contribution in [2.75, 3.05) is 20.1 Å². The van der Waals surface area contributed by atoms with Crippen molar-refractivity contribution in [2.45, 2.75) is 44.8 Å². The Labute approximate surface area is 156 Å². The normalized spacial score (nSPS) is 19.4.